The van der Waals surface area contributed by atoms with Crippen molar-refractivity contribution in [2.75, 3.05) is 31.1 Å². The third kappa shape index (κ3) is 5.75. The Morgan fingerprint density at radius 1 is 0.774 bits per heavy atom. The van der Waals surface area contributed by atoms with Gasteiger partial charge in [0.25, 0.3) is 5.91 Å². The van der Waals surface area contributed by atoms with Crippen LogP contribution in [0.3, 0.4) is 0 Å². The van der Waals surface area contributed by atoms with Gasteiger partial charge in [-0.2, -0.15) is 0 Å². The summed E-state index contributed by atoms with van der Waals surface area (Å²) in [6.07, 6.45) is 7.65. The highest BCUT2D eigenvalue weighted by Gasteiger charge is 2.18. The van der Waals surface area contributed by atoms with E-state index in [1.165, 1.54) is 19.3 Å². The molecule has 7 nitrogen and oxygen atoms in total. The Labute approximate surface area is 183 Å². The summed E-state index contributed by atoms with van der Waals surface area (Å²) >= 11 is 0. The summed E-state index contributed by atoms with van der Waals surface area (Å²) in [5.74, 6) is 1.11. The van der Waals surface area contributed by atoms with E-state index in [4.69, 9.17) is 0 Å². The smallest absolute Gasteiger partial charge is 0.315 e. The maximum atomic E-state index is 12.5. The molecule has 2 aliphatic rings. The Morgan fingerprint density at radius 3 is 2.03 bits per heavy atom. The number of benzene rings is 1. The molecule has 0 radical (unpaired) electrons. The molecular weight excluding hydrogens is 390 g/mol. The Hall–Kier alpha value is -3.09. The predicted molar refractivity (Wildman–Crippen MR) is 121 cm³/mol. The number of amides is 3. The number of rotatable bonds is 6. The molecule has 2 aliphatic heterocycles. The average molecular weight is 422 g/mol. The highest BCUT2D eigenvalue weighted by molar-refractivity contribution is 5.94. The molecule has 2 aromatic rings. The van der Waals surface area contributed by atoms with Crippen LogP contribution in [0.15, 0.2) is 42.6 Å². The summed E-state index contributed by atoms with van der Waals surface area (Å²) in [6, 6.07) is 11.3. The van der Waals surface area contributed by atoms with Crippen molar-refractivity contribution in [1.82, 2.24) is 20.5 Å². The molecule has 0 atom stereocenters. The van der Waals surface area contributed by atoms with Gasteiger partial charge in [0.05, 0.1) is 0 Å². The normalized spacial score (nSPS) is 16.3. The van der Waals surface area contributed by atoms with Crippen LogP contribution in [0, 0.1) is 0 Å². The molecule has 1 aromatic carbocycles. The van der Waals surface area contributed by atoms with Crippen LogP contribution >= 0.6 is 0 Å². The molecule has 2 N–H and O–H groups in total. The molecule has 3 heterocycles. The minimum atomic E-state index is -0.225. The van der Waals surface area contributed by atoms with Crippen molar-refractivity contribution in [2.24, 2.45) is 0 Å². The van der Waals surface area contributed by atoms with Gasteiger partial charge in [-0.15, -0.1) is 0 Å². The van der Waals surface area contributed by atoms with Gasteiger partial charge < -0.3 is 20.4 Å². The van der Waals surface area contributed by atoms with Crippen LogP contribution < -0.4 is 15.5 Å². The Bertz CT molecular complexity index is 870. The first-order chi connectivity index (χ1) is 15.2. The third-order valence-electron chi connectivity index (χ3n) is 5.99. The topological polar surface area (TPSA) is 77.6 Å². The molecule has 164 valence electrons. The van der Waals surface area contributed by atoms with Crippen molar-refractivity contribution < 1.29 is 9.59 Å². The van der Waals surface area contributed by atoms with Gasteiger partial charge in [-0.3, -0.25) is 4.79 Å². The number of nitrogens with one attached hydrogen (secondary N) is 2. The lowest BCUT2D eigenvalue weighted by Gasteiger charge is -2.26. The van der Waals surface area contributed by atoms with Crippen LogP contribution in [0.5, 0.6) is 0 Å². The fourth-order valence-electron chi connectivity index (χ4n) is 4.13. The van der Waals surface area contributed by atoms with Crippen LogP contribution in [0.25, 0.3) is 0 Å². The zero-order valence-corrected chi connectivity index (χ0v) is 18.0. The molecule has 0 spiro atoms. The van der Waals surface area contributed by atoms with Crippen LogP contribution in [-0.2, 0) is 13.1 Å². The first kappa shape index (κ1) is 21.2. The molecule has 3 amide bonds. The molecule has 0 saturated carbocycles. The summed E-state index contributed by atoms with van der Waals surface area (Å²) in [7, 11) is 0. The first-order valence-electron chi connectivity index (χ1n) is 11.3. The maximum absolute atomic E-state index is 12.5. The van der Waals surface area contributed by atoms with Crippen molar-refractivity contribution in [3.63, 3.8) is 0 Å². The van der Waals surface area contributed by atoms with Gasteiger partial charge in [0.15, 0.2) is 0 Å². The van der Waals surface area contributed by atoms with Crippen molar-refractivity contribution in [3.05, 3.63) is 59.3 Å². The molecule has 31 heavy (non-hydrogen) atoms. The van der Waals surface area contributed by atoms with E-state index in [1.807, 2.05) is 47.5 Å². The minimum Gasteiger partial charge on any atom is -0.357 e. The first-order valence-corrected chi connectivity index (χ1v) is 11.3. The second kappa shape index (κ2) is 10.3. The maximum Gasteiger partial charge on any atom is 0.315 e. The summed E-state index contributed by atoms with van der Waals surface area (Å²) in [5.41, 5.74) is 2.64. The van der Waals surface area contributed by atoms with Gasteiger partial charge in [0.1, 0.15) is 5.82 Å². The molecule has 2 fully saturated rings. The molecule has 0 unspecified atom stereocenters. The molecule has 1 aromatic heterocycles. The van der Waals surface area contributed by atoms with E-state index in [0.29, 0.717) is 18.7 Å². The SMILES string of the molecule is O=C(NCc1ccc(C(=O)N2CCCCC2)cc1)NCc1ccc(N2CCCC2)nc1. The van der Waals surface area contributed by atoms with Gasteiger partial charge in [-0.1, -0.05) is 18.2 Å². The fourth-order valence-corrected chi connectivity index (χ4v) is 4.13. The number of pyridine rings is 1. The summed E-state index contributed by atoms with van der Waals surface area (Å²) in [4.78, 5) is 33.4. The quantitative estimate of drug-likeness (QED) is 0.750. The molecule has 0 aliphatic carbocycles. The number of carbonyl (C=O) groups is 2. The lowest BCUT2D eigenvalue weighted by molar-refractivity contribution is 0.0724. The van der Waals surface area contributed by atoms with Gasteiger partial charge in [-0.25, -0.2) is 9.78 Å². The van der Waals surface area contributed by atoms with Gasteiger partial charge in [0, 0.05) is 51.0 Å². The van der Waals surface area contributed by atoms with Gasteiger partial charge >= 0.3 is 6.03 Å². The highest BCUT2D eigenvalue weighted by Crippen LogP contribution is 2.17. The number of hydrogen-bond acceptors (Lipinski definition) is 4. The summed E-state index contributed by atoms with van der Waals surface area (Å²) < 4.78 is 0. The lowest BCUT2D eigenvalue weighted by atomic mass is 10.1. The molecule has 7 heteroatoms. The van der Waals surface area contributed by atoms with E-state index >= 15 is 0 Å². The highest BCUT2D eigenvalue weighted by atomic mass is 16.2. The summed E-state index contributed by atoms with van der Waals surface area (Å²) in [6.45, 7) is 4.68. The van der Waals surface area contributed by atoms with Crippen LogP contribution in [-0.4, -0.2) is 48.0 Å². The largest absolute Gasteiger partial charge is 0.357 e. The standard InChI is InChI=1S/C24H31N5O2/c30-23(29-14-2-1-3-15-29)21-9-6-19(7-10-21)16-26-24(31)27-18-20-8-11-22(25-17-20)28-12-4-5-13-28/h6-11,17H,1-5,12-16,18H2,(H2,26,27,31). The Kier molecular flexibility index (Phi) is 7.02. The number of aromatic nitrogens is 1. The van der Waals surface area contributed by atoms with Crippen molar-refractivity contribution in [2.45, 2.75) is 45.2 Å². The fraction of sp³-hybridized carbons (Fsp3) is 0.458. The van der Waals surface area contributed by atoms with E-state index in [2.05, 4.69) is 20.5 Å². The van der Waals surface area contributed by atoms with E-state index in [-0.39, 0.29) is 11.9 Å². The molecular formula is C24H31N5O2. The monoisotopic (exact) mass is 421 g/mol. The molecule has 0 bridgehead atoms. The number of hydrogen-bond donors (Lipinski definition) is 2. The predicted octanol–water partition coefficient (Wildman–Crippen LogP) is 3.31. The van der Waals surface area contributed by atoms with E-state index in [1.54, 1.807) is 0 Å². The Morgan fingerprint density at radius 2 is 1.39 bits per heavy atom. The number of nitrogens with zero attached hydrogens (tertiary/aromatic N) is 3. The molecule has 4 rings (SSSR count). The number of likely N-dealkylation sites (tertiary alicyclic amines) is 1. The van der Waals surface area contributed by atoms with E-state index in [0.717, 1.165) is 56.0 Å². The van der Waals surface area contributed by atoms with Crippen LogP contribution in [0.2, 0.25) is 0 Å². The number of carbonyl (C=O) groups excluding carboxylic acids is 2. The van der Waals surface area contributed by atoms with Crippen molar-refractivity contribution in [3.8, 4) is 0 Å². The average Bonchev–Trinajstić information content (AvgIpc) is 3.37. The molecule has 2 saturated heterocycles. The van der Waals surface area contributed by atoms with Gasteiger partial charge in [-0.05, 0) is 61.4 Å². The number of urea groups is 1. The Balaban J connectivity index is 1.20. The van der Waals surface area contributed by atoms with Crippen LogP contribution in [0.4, 0.5) is 10.6 Å². The second-order valence-electron chi connectivity index (χ2n) is 8.30. The third-order valence-corrected chi connectivity index (χ3v) is 5.99. The van der Waals surface area contributed by atoms with Crippen molar-refractivity contribution >= 4 is 17.8 Å². The number of piperidine rings is 1. The minimum absolute atomic E-state index is 0.0984. The zero-order chi connectivity index (χ0) is 21.5. The van der Waals surface area contributed by atoms with E-state index in [9.17, 15) is 9.59 Å². The second-order valence-corrected chi connectivity index (χ2v) is 8.30. The summed E-state index contributed by atoms with van der Waals surface area (Å²) in [5, 5.41) is 5.73. The number of anilines is 1. The zero-order valence-electron chi connectivity index (χ0n) is 18.0. The van der Waals surface area contributed by atoms with E-state index < -0.39 is 0 Å². The van der Waals surface area contributed by atoms with Crippen molar-refractivity contribution in [1.29, 1.82) is 0 Å². The van der Waals surface area contributed by atoms with Gasteiger partial charge in [0.2, 0.25) is 0 Å². The van der Waals surface area contributed by atoms with Crippen LogP contribution in [0.1, 0.15) is 53.6 Å². The lowest BCUT2D eigenvalue weighted by Crippen LogP contribution is -2.35.